The number of para-hydroxylation sites is 2. The molecule has 1 heterocycles. The zero-order chi connectivity index (χ0) is 16.4. The van der Waals surface area contributed by atoms with Gasteiger partial charge in [0.2, 0.25) is 11.8 Å². The third kappa shape index (κ3) is 3.70. The molecule has 0 unspecified atom stereocenters. The number of aromatic nitrogens is 2. The molecule has 122 valence electrons. The molecule has 0 radical (unpaired) electrons. The first-order valence-electron chi connectivity index (χ1n) is 8.06. The summed E-state index contributed by atoms with van der Waals surface area (Å²) in [7, 11) is 0. The van der Waals surface area contributed by atoms with E-state index < -0.39 is 0 Å². The monoisotopic (exact) mass is 314 g/mol. The van der Waals surface area contributed by atoms with Gasteiger partial charge in [0.1, 0.15) is 12.4 Å². The second kappa shape index (κ2) is 6.40. The lowest BCUT2D eigenvalue weighted by molar-refractivity contribution is -0.122. The van der Waals surface area contributed by atoms with Gasteiger partial charge in [-0.25, -0.2) is 4.98 Å². The number of amides is 2. The molecule has 1 aliphatic rings. The maximum Gasteiger partial charge on any atom is 0.240 e. The molecule has 1 aliphatic carbocycles. The molecule has 6 nitrogen and oxygen atoms in total. The van der Waals surface area contributed by atoms with Crippen molar-refractivity contribution in [2.75, 3.05) is 0 Å². The summed E-state index contributed by atoms with van der Waals surface area (Å²) in [5.74, 6) is 0.893. The molecule has 0 aliphatic heterocycles. The first-order valence-corrected chi connectivity index (χ1v) is 8.06. The summed E-state index contributed by atoms with van der Waals surface area (Å²) >= 11 is 0. The quantitative estimate of drug-likeness (QED) is 0.850. The zero-order valence-corrected chi connectivity index (χ0v) is 13.5. The van der Waals surface area contributed by atoms with Crippen molar-refractivity contribution in [3.8, 4) is 0 Å². The normalized spacial score (nSPS) is 14.2. The van der Waals surface area contributed by atoms with Crippen LogP contribution in [0.25, 0.3) is 11.0 Å². The molecule has 6 heteroatoms. The topological polar surface area (TPSA) is 76.0 Å². The number of carbonyl (C=O) groups excluding carboxylic acids is 2. The lowest BCUT2D eigenvalue weighted by atomic mass is 10.3. The van der Waals surface area contributed by atoms with E-state index in [0.29, 0.717) is 12.4 Å². The number of hydrogen-bond acceptors (Lipinski definition) is 3. The zero-order valence-electron chi connectivity index (χ0n) is 13.5. The van der Waals surface area contributed by atoms with Gasteiger partial charge in [-0.1, -0.05) is 12.1 Å². The van der Waals surface area contributed by atoms with Crippen LogP contribution in [0.15, 0.2) is 24.3 Å². The van der Waals surface area contributed by atoms with E-state index in [1.165, 1.54) is 0 Å². The summed E-state index contributed by atoms with van der Waals surface area (Å²) in [6.45, 7) is 4.41. The van der Waals surface area contributed by atoms with E-state index in [0.717, 1.165) is 23.9 Å². The number of imidazole rings is 1. The standard InChI is InChI=1S/C17H22N4O2/c1-11(2)19-16(22)10-21-14-6-4-3-5-13(14)20-15(21)9-18-17(23)12-7-8-12/h3-6,11-12H,7-10H2,1-2H3,(H,18,23)(H,19,22). The fraction of sp³-hybridized carbons (Fsp3) is 0.471. The van der Waals surface area contributed by atoms with Gasteiger partial charge in [0.15, 0.2) is 0 Å². The minimum Gasteiger partial charge on any atom is -0.352 e. The van der Waals surface area contributed by atoms with Crippen LogP contribution in [0.5, 0.6) is 0 Å². The average Bonchev–Trinajstić information content (AvgIpc) is 3.29. The highest BCUT2D eigenvalue weighted by atomic mass is 16.2. The fourth-order valence-corrected chi connectivity index (χ4v) is 2.60. The predicted octanol–water partition coefficient (Wildman–Crippen LogP) is 1.59. The third-order valence-corrected chi connectivity index (χ3v) is 3.85. The number of nitrogens with one attached hydrogen (secondary N) is 2. The van der Waals surface area contributed by atoms with Gasteiger partial charge in [-0.05, 0) is 38.8 Å². The summed E-state index contributed by atoms with van der Waals surface area (Å²) in [5.41, 5.74) is 1.74. The van der Waals surface area contributed by atoms with Crippen LogP contribution in [-0.2, 0) is 22.7 Å². The van der Waals surface area contributed by atoms with Crippen LogP contribution in [0.3, 0.4) is 0 Å². The van der Waals surface area contributed by atoms with E-state index >= 15 is 0 Å². The highest BCUT2D eigenvalue weighted by molar-refractivity contribution is 5.82. The van der Waals surface area contributed by atoms with Crippen LogP contribution in [0.2, 0.25) is 0 Å². The fourth-order valence-electron chi connectivity index (χ4n) is 2.60. The van der Waals surface area contributed by atoms with Gasteiger partial charge in [-0.15, -0.1) is 0 Å². The van der Waals surface area contributed by atoms with Gasteiger partial charge in [0, 0.05) is 12.0 Å². The van der Waals surface area contributed by atoms with Gasteiger partial charge in [0.05, 0.1) is 17.6 Å². The predicted molar refractivity (Wildman–Crippen MR) is 87.6 cm³/mol. The number of nitrogens with zero attached hydrogens (tertiary/aromatic N) is 2. The van der Waals surface area contributed by atoms with Crippen molar-refractivity contribution in [1.82, 2.24) is 20.2 Å². The van der Waals surface area contributed by atoms with Crippen molar-refractivity contribution in [1.29, 1.82) is 0 Å². The molecular formula is C17H22N4O2. The van der Waals surface area contributed by atoms with Crippen molar-refractivity contribution in [3.63, 3.8) is 0 Å². The summed E-state index contributed by atoms with van der Waals surface area (Å²) in [4.78, 5) is 28.5. The molecule has 0 bridgehead atoms. The van der Waals surface area contributed by atoms with E-state index in [9.17, 15) is 9.59 Å². The molecule has 2 amide bonds. The molecule has 3 rings (SSSR count). The van der Waals surface area contributed by atoms with Crippen molar-refractivity contribution >= 4 is 22.8 Å². The number of carbonyl (C=O) groups is 2. The second-order valence-corrected chi connectivity index (χ2v) is 6.32. The van der Waals surface area contributed by atoms with E-state index in [2.05, 4.69) is 15.6 Å². The van der Waals surface area contributed by atoms with E-state index in [4.69, 9.17) is 0 Å². The maximum atomic E-state index is 12.1. The molecule has 23 heavy (non-hydrogen) atoms. The van der Waals surface area contributed by atoms with Gasteiger partial charge in [0.25, 0.3) is 0 Å². The molecule has 1 saturated carbocycles. The van der Waals surface area contributed by atoms with Crippen LogP contribution < -0.4 is 10.6 Å². The number of hydrogen-bond donors (Lipinski definition) is 2. The molecule has 1 fully saturated rings. The summed E-state index contributed by atoms with van der Waals surface area (Å²) in [5, 5.41) is 5.81. The second-order valence-electron chi connectivity index (χ2n) is 6.32. The van der Waals surface area contributed by atoms with Crippen LogP contribution >= 0.6 is 0 Å². The Kier molecular flexibility index (Phi) is 4.32. The lowest BCUT2D eigenvalue weighted by Gasteiger charge is -2.12. The Hall–Kier alpha value is -2.37. The van der Waals surface area contributed by atoms with Gasteiger partial charge >= 0.3 is 0 Å². The first kappa shape index (κ1) is 15.5. The van der Waals surface area contributed by atoms with Crippen molar-refractivity contribution < 1.29 is 9.59 Å². The van der Waals surface area contributed by atoms with Gasteiger partial charge in [-0.2, -0.15) is 0 Å². The summed E-state index contributed by atoms with van der Waals surface area (Å²) < 4.78 is 1.88. The molecule has 1 aromatic heterocycles. The Balaban J connectivity index is 1.81. The Morgan fingerprint density at radius 3 is 2.74 bits per heavy atom. The summed E-state index contributed by atoms with van der Waals surface area (Å²) in [6, 6.07) is 7.79. The third-order valence-electron chi connectivity index (χ3n) is 3.85. The average molecular weight is 314 g/mol. The largest absolute Gasteiger partial charge is 0.352 e. The minimum atomic E-state index is -0.0575. The van der Waals surface area contributed by atoms with E-state index in [-0.39, 0.29) is 30.3 Å². The molecule has 2 aromatic rings. The number of rotatable bonds is 6. The molecule has 0 spiro atoms. The molecule has 2 N–H and O–H groups in total. The highest BCUT2D eigenvalue weighted by Crippen LogP contribution is 2.28. The van der Waals surface area contributed by atoms with Crippen LogP contribution in [0.1, 0.15) is 32.5 Å². The van der Waals surface area contributed by atoms with Crippen LogP contribution in [0.4, 0.5) is 0 Å². The maximum absolute atomic E-state index is 12.1. The molecule has 0 saturated heterocycles. The van der Waals surface area contributed by atoms with Crippen molar-refractivity contribution in [2.24, 2.45) is 5.92 Å². The molecule has 1 aromatic carbocycles. The Labute approximate surface area is 135 Å². The van der Waals surface area contributed by atoms with Crippen molar-refractivity contribution in [2.45, 2.75) is 45.8 Å². The minimum absolute atomic E-state index is 0.0575. The Bertz CT molecular complexity index is 731. The van der Waals surface area contributed by atoms with Crippen LogP contribution in [0, 0.1) is 5.92 Å². The smallest absolute Gasteiger partial charge is 0.240 e. The number of fused-ring (bicyclic) bond motifs is 1. The highest BCUT2D eigenvalue weighted by Gasteiger charge is 2.29. The molecular weight excluding hydrogens is 292 g/mol. The number of benzene rings is 1. The first-order chi connectivity index (χ1) is 11.0. The Morgan fingerprint density at radius 1 is 1.30 bits per heavy atom. The lowest BCUT2D eigenvalue weighted by Crippen LogP contribution is -2.34. The van der Waals surface area contributed by atoms with Gasteiger partial charge < -0.3 is 15.2 Å². The SMILES string of the molecule is CC(C)NC(=O)Cn1c(CNC(=O)C2CC2)nc2ccccc21. The van der Waals surface area contributed by atoms with Gasteiger partial charge in [-0.3, -0.25) is 9.59 Å². The van der Waals surface area contributed by atoms with Crippen molar-refractivity contribution in [3.05, 3.63) is 30.1 Å². The van der Waals surface area contributed by atoms with Crippen LogP contribution in [-0.4, -0.2) is 27.4 Å². The summed E-state index contributed by atoms with van der Waals surface area (Å²) in [6.07, 6.45) is 1.94. The van der Waals surface area contributed by atoms with E-state index in [1.54, 1.807) is 0 Å². The molecule has 0 atom stereocenters. The van der Waals surface area contributed by atoms with E-state index in [1.807, 2.05) is 42.7 Å². The Morgan fingerprint density at radius 2 is 2.04 bits per heavy atom.